The predicted molar refractivity (Wildman–Crippen MR) is 199 cm³/mol. The van der Waals surface area contributed by atoms with Gasteiger partial charge in [-0.2, -0.15) is 0 Å². The molecule has 14 nitrogen and oxygen atoms in total. The van der Waals surface area contributed by atoms with E-state index in [4.69, 9.17) is 15.2 Å². The molecule has 2 atom stereocenters. The number of hydrogen-bond acceptors (Lipinski definition) is 12. The van der Waals surface area contributed by atoms with Gasteiger partial charge in [-0.3, -0.25) is 4.79 Å². The van der Waals surface area contributed by atoms with Gasteiger partial charge in [-0.1, -0.05) is 0 Å². The van der Waals surface area contributed by atoms with Crippen molar-refractivity contribution >= 4 is 66.4 Å². The summed E-state index contributed by atoms with van der Waals surface area (Å²) in [7, 11) is 0. The number of carbonyl (C=O) groups is 2. The fraction of sp³-hybridized carbons (Fsp3) is 0.235. The normalized spacial score (nSPS) is 14.1. The minimum atomic E-state index is -1.25. The smallest absolute Gasteiger partial charge is 0.356 e. The lowest BCUT2D eigenvalue weighted by Crippen LogP contribution is -2.19. The molecule has 0 saturated carbocycles. The molecule has 0 saturated heterocycles. The summed E-state index contributed by atoms with van der Waals surface area (Å²) in [6.07, 6.45) is -2.32. The zero-order valence-corrected chi connectivity index (χ0v) is 32.8. The number of thiazole rings is 2. The van der Waals surface area contributed by atoms with E-state index in [1.54, 1.807) is 34.0 Å². The Balaban J connectivity index is 0.000000167. The quantitative estimate of drug-likeness (QED) is 0.149. The van der Waals surface area contributed by atoms with Crippen LogP contribution in [0.3, 0.4) is 0 Å². The van der Waals surface area contributed by atoms with Crippen LogP contribution < -0.4 is 15.2 Å². The van der Waals surface area contributed by atoms with Crippen LogP contribution in [0.5, 0.6) is 11.5 Å². The Bertz CT molecular complexity index is 2300. The molecule has 0 bridgehead atoms. The van der Waals surface area contributed by atoms with Crippen LogP contribution in [0.4, 0.5) is 8.78 Å². The van der Waals surface area contributed by atoms with Gasteiger partial charge in [0.2, 0.25) is 0 Å². The standard InChI is InChI=1S/C17H14BrFN4O3S.C17H13BrFN3O4S/c1-7-15(27-6-21-7)14(24)13-12(16(20)25)22-17-8-4-9(18)10(19)5-11(8)26-3-2-23(13)17;1-7-15(27-6-20-7)14(23)13-12(17(24)25)21-16-8-4-9(18)10(19)5-11(8)26-3-2-22(13)16/h4-6,14,24H,2-3H2,1H3,(H2,20,25);4-6,14,23H,2-3H2,1H3,(H,24,25). The molecule has 0 spiro atoms. The molecule has 1 amide bonds. The monoisotopic (exact) mass is 905 g/mol. The minimum Gasteiger partial charge on any atom is -0.491 e. The van der Waals surface area contributed by atoms with E-state index in [9.17, 15) is 33.7 Å². The van der Waals surface area contributed by atoms with Crippen LogP contribution in [0.1, 0.15) is 65.7 Å². The highest BCUT2D eigenvalue weighted by molar-refractivity contribution is 9.10. The summed E-state index contributed by atoms with van der Waals surface area (Å²) < 4.78 is 42.8. The number of ether oxygens (including phenoxy) is 2. The van der Waals surface area contributed by atoms with Gasteiger partial charge in [0.1, 0.15) is 60.2 Å². The van der Waals surface area contributed by atoms with Crippen LogP contribution in [-0.4, -0.2) is 69.5 Å². The van der Waals surface area contributed by atoms with Gasteiger partial charge in [-0.05, 0) is 57.8 Å². The largest absolute Gasteiger partial charge is 0.491 e. The molecule has 2 aliphatic rings. The molecule has 0 radical (unpaired) electrons. The maximum Gasteiger partial charge on any atom is 0.356 e. The van der Waals surface area contributed by atoms with Crippen LogP contribution in [0.25, 0.3) is 22.8 Å². The Hall–Kier alpha value is -4.60. The van der Waals surface area contributed by atoms with Gasteiger partial charge in [0, 0.05) is 12.1 Å². The lowest BCUT2D eigenvalue weighted by Gasteiger charge is -2.14. The number of aromatic carboxylic acids is 1. The van der Waals surface area contributed by atoms with Gasteiger partial charge in [-0.25, -0.2) is 33.5 Å². The van der Waals surface area contributed by atoms with E-state index in [1.807, 2.05) is 0 Å². The van der Waals surface area contributed by atoms with Crippen LogP contribution >= 0.6 is 54.5 Å². The van der Waals surface area contributed by atoms with Gasteiger partial charge < -0.3 is 39.7 Å². The molecule has 8 rings (SSSR count). The number of rotatable bonds is 6. The molecule has 2 aliphatic heterocycles. The number of aromatic nitrogens is 6. The number of carboxylic acid groups (broad SMARTS) is 1. The van der Waals surface area contributed by atoms with E-state index in [0.29, 0.717) is 56.2 Å². The number of carbonyl (C=O) groups excluding carboxylic acids is 1. The first-order chi connectivity index (χ1) is 25.8. The number of halogens is 4. The Kier molecular flexibility index (Phi) is 10.4. The summed E-state index contributed by atoms with van der Waals surface area (Å²) in [6.45, 7) is 4.49. The molecular formula is C34H27Br2F2N7O7S2. The predicted octanol–water partition coefficient (Wildman–Crippen LogP) is 6.18. The number of hydrogen-bond donors (Lipinski definition) is 4. The highest BCUT2D eigenvalue weighted by Crippen LogP contribution is 2.41. The van der Waals surface area contributed by atoms with Gasteiger partial charge in [-0.15, -0.1) is 22.7 Å². The zero-order chi connectivity index (χ0) is 38.6. The summed E-state index contributed by atoms with van der Waals surface area (Å²) in [5.41, 5.74) is 11.1. The van der Waals surface area contributed by atoms with Crippen LogP contribution in [-0.2, 0) is 13.1 Å². The van der Waals surface area contributed by atoms with Crippen molar-refractivity contribution in [2.45, 2.75) is 39.1 Å². The van der Waals surface area contributed by atoms with Gasteiger partial charge in [0.05, 0.1) is 76.7 Å². The van der Waals surface area contributed by atoms with Crippen molar-refractivity contribution in [2.75, 3.05) is 13.2 Å². The number of aliphatic hydroxyl groups excluding tert-OH is 2. The molecule has 6 aromatic rings. The number of aryl methyl sites for hydroxylation is 2. The van der Waals surface area contributed by atoms with Crippen LogP contribution in [0, 0.1) is 25.5 Å². The van der Waals surface area contributed by atoms with Crippen molar-refractivity contribution in [3.8, 4) is 34.3 Å². The van der Waals surface area contributed by atoms with Crippen molar-refractivity contribution in [3.05, 3.63) is 99.8 Å². The fourth-order valence-electron chi connectivity index (χ4n) is 6.22. The van der Waals surface area contributed by atoms with E-state index in [1.165, 1.54) is 46.9 Å². The molecular weight excluding hydrogens is 880 g/mol. The van der Waals surface area contributed by atoms with E-state index >= 15 is 0 Å². The molecule has 6 heterocycles. The molecule has 0 fully saturated rings. The first-order valence-corrected chi connectivity index (χ1v) is 19.3. The van der Waals surface area contributed by atoms with E-state index in [0.717, 1.165) is 0 Å². The first kappa shape index (κ1) is 37.7. The van der Waals surface area contributed by atoms with Gasteiger partial charge in [0.15, 0.2) is 11.4 Å². The molecule has 280 valence electrons. The lowest BCUT2D eigenvalue weighted by atomic mass is 10.1. The number of fused-ring (bicyclic) bond motifs is 6. The maximum atomic E-state index is 13.9. The van der Waals surface area contributed by atoms with E-state index in [2.05, 4.69) is 51.8 Å². The number of nitrogens with zero attached hydrogens (tertiary/aromatic N) is 6. The first-order valence-electron chi connectivity index (χ1n) is 15.9. The molecule has 2 unspecified atom stereocenters. The highest BCUT2D eigenvalue weighted by atomic mass is 79.9. The van der Waals surface area contributed by atoms with Crippen LogP contribution in [0.15, 0.2) is 44.2 Å². The fourth-order valence-corrected chi connectivity index (χ4v) is 8.49. The third-order valence-corrected chi connectivity index (χ3v) is 11.9. The summed E-state index contributed by atoms with van der Waals surface area (Å²) in [5, 5.41) is 31.5. The Morgan fingerprint density at radius 2 is 1.22 bits per heavy atom. The number of aliphatic hydroxyl groups is 2. The summed E-state index contributed by atoms with van der Waals surface area (Å²) in [6, 6.07) is 5.52. The Morgan fingerprint density at radius 1 is 0.796 bits per heavy atom. The number of imidazole rings is 2. The minimum absolute atomic E-state index is 0.0291. The van der Waals surface area contributed by atoms with Gasteiger partial charge >= 0.3 is 5.97 Å². The number of carboxylic acids is 1. The number of amides is 1. The average molecular weight is 908 g/mol. The van der Waals surface area contributed by atoms with Crippen molar-refractivity contribution in [3.63, 3.8) is 0 Å². The zero-order valence-electron chi connectivity index (χ0n) is 28.0. The number of benzene rings is 2. The summed E-state index contributed by atoms with van der Waals surface area (Å²) in [5.74, 6) is -1.70. The van der Waals surface area contributed by atoms with E-state index < -0.39 is 35.7 Å². The summed E-state index contributed by atoms with van der Waals surface area (Å²) in [4.78, 5) is 41.9. The molecule has 0 aliphatic carbocycles. The van der Waals surface area contributed by atoms with Crippen molar-refractivity contribution in [1.29, 1.82) is 0 Å². The molecule has 20 heteroatoms. The summed E-state index contributed by atoms with van der Waals surface area (Å²) >= 11 is 8.81. The molecule has 2 aromatic carbocycles. The number of primary amides is 1. The second-order valence-corrected chi connectivity index (χ2v) is 15.4. The van der Waals surface area contributed by atoms with Crippen molar-refractivity contribution < 1.29 is 43.2 Å². The highest BCUT2D eigenvalue weighted by Gasteiger charge is 2.34. The third-order valence-electron chi connectivity index (χ3n) is 8.70. The van der Waals surface area contributed by atoms with Crippen molar-refractivity contribution in [2.24, 2.45) is 5.73 Å². The van der Waals surface area contributed by atoms with Gasteiger partial charge in [0.25, 0.3) is 5.91 Å². The Morgan fingerprint density at radius 3 is 1.61 bits per heavy atom. The van der Waals surface area contributed by atoms with E-state index in [-0.39, 0.29) is 57.2 Å². The number of nitrogens with two attached hydrogens (primary N) is 1. The molecule has 54 heavy (non-hydrogen) atoms. The topological polar surface area (TPSA) is 201 Å². The Labute approximate surface area is 329 Å². The van der Waals surface area contributed by atoms with Crippen LogP contribution in [0.2, 0.25) is 0 Å². The maximum absolute atomic E-state index is 13.9. The SMILES string of the molecule is Cc1ncsc1C(O)c1c(C(=O)O)nc2n1CCOc1cc(F)c(Br)cc1-2.Cc1ncsc1C(O)c1c(C(N)=O)nc2n1CCOc1cc(F)c(Br)cc1-2. The molecule has 4 aromatic heterocycles. The second kappa shape index (κ2) is 14.9. The average Bonchev–Trinajstić information content (AvgIpc) is 3.89. The second-order valence-electron chi connectivity index (χ2n) is 11.9. The lowest BCUT2D eigenvalue weighted by molar-refractivity contribution is 0.0684. The third kappa shape index (κ3) is 6.70. The molecule has 5 N–H and O–H groups in total. The van der Waals surface area contributed by atoms with Crippen molar-refractivity contribution in [1.82, 2.24) is 29.1 Å².